The molecule has 2 N–H and O–H groups in total. The van der Waals surface area contributed by atoms with Crippen LogP contribution in [0, 0.1) is 0 Å². The molecule has 2 atom stereocenters. The number of hydrogen-bond acceptors (Lipinski definition) is 4. The highest BCUT2D eigenvalue weighted by atomic mass is 35.5. The molecule has 2 unspecified atom stereocenters. The highest BCUT2D eigenvalue weighted by Crippen LogP contribution is 2.27. The molecule has 2 aromatic carbocycles. The number of piperidine rings is 1. The van der Waals surface area contributed by atoms with Crippen LogP contribution in [0.25, 0.3) is 0 Å². The van der Waals surface area contributed by atoms with Crippen LogP contribution >= 0.6 is 12.4 Å². The van der Waals surface area contributed by atoms with Crippen LogP contribution in [0.4, 0.5) is 0 Å². The third kappa shape index (κ3) is 6.77. The number of carbonyl (C=O) groups excluding carboxylic acids is 1. The van der Waals surface area contributed by atoms with Gasteiger partial charge >= 0.3 is 0 Å². The number of halogens is 1. The van der Waals surface area contributed by atoms with Gasteiger partial charge in [-0.3, -0.25) is 4.79 Å². The van der Waals surface area contributed by atoms with Gasteiger partial charge in [-0.1, -0.05) is 42.5 Å². The third-order valence-electron chi connectivity index (χ3n) is 4.43. The number of nitrogens with one attached hydrogen (secondary N) is 2. The molecule has 27 heavy (non-hydrogen) atoms. The van der Waals surface area contributed by atoms with E-state index in [0.29, 0.717) is 24.1 Å². The summed E-state index contributed by atoms with van der Waals surface area (Å²) in [7, 11) is 0. The Labute approximate surface area is 166 Å². The van der Waals surface area contributed by atoms with Gasteiger partial charge < -0.3 is 20.1 Å². The number of hydrogen-bond donors (Lipinski definition) is 2. The van der Waals surface area contributed by atoms with Gasteiger partial charge in [-0.2, -0.15) is 0 Å². The summed E-state index contributed by atoms with van der Waals surface area (Å²) in [6.45, 7) is 3.52. The zero-order chi connectivity index (χ0) is 18.2. The largest absolute Gasteiger partial charge is 0.485 e. The minimum Gasteiger partial charge on any atom is -0.485 e. The van der Waals surface area contributed by atoms with Gasteiger partial charge in [-0.25, -0.2) is 0 Å². The normalized spacial score (nSPS) is 18.9. The molecule has 1 heterocycles. The minimum absolute atomic E-state index is 0. The smallest absolute Gasteiger partial charge is 0.258 e. The summed E-state index contributed by atoms with van der Waals surface area (Å²) in [4.78, 5) is 12.2. The number of benzene rings is 2. The summed E-state index contributed by atoms with van der Waals surface area (Å²) in [5.74, 6) is 1.12. The minimum atomic E-state index is -0.0954. The average molecular weight is 391 g/mol. The molecule has 5 nitrogen and oxygen atoms in total. The molecule has 0 aliphatic carbocycles. The molecule has 0 bridgehead atoms. The highest BCUT2D eigenvalue weighted by molar-refractivity contribution is 5.85. The van der Waals surface area contributed by atoms with Crippen LogP contribution in [-0.2, 0) is 11.4 Å². The summed E-state index contributed by atoms with van der Waals surface area (Å²) < 4.78 is 11.6. The third-order valence-corrected chi connectivity index (χ3v) is 4.43. The summed E-state index contributed by atoms with van der Waals surface area (Å²) in [5, 5.41) is 6.43. The van der Waals surface area contributed by atoms with E-state index in [4.69, 9.17) is 9.47 Å². The first-order chi connectivity index (χ1) is 12.7. The van der Waals surface area contributed by atoms with Crippen LogP contribution in [0.2, 0.25) is 0 Å². The molecular formula is C21H27ClN2O3. The summed E-state index contributed by atoms with van der Waals surface area (Å²) in [5.41, 5.74) is 1.08. The fourth-order valence-electron chi connectivity index (χ4n) is 3.10. The molecule has 0 spiro atoms. The first-order valence-corrected chi connectivity index (χ1v) is 9.12. The van der Waals surface area contributed by atoms with Crippen molar-refractivity contribution in [3.8, 4) is 11.5 Å². The maximum atomic E-state index is 12.2. The fourth-order valence-corrected chi connectivity index (χ4v) is 3.10. The average Bonchev–Trinajstić information content (AvgIpc) is 2.66. The SMILES string of the molecule is CC1CC(NC(=O)COc2ccccc2OCc2ccccc2)CCN1.Cl. The second-order valence-electron chi connectivity index (χ2n) is 6.65. The van der Waals surface area contributed by atoms with E-state index in [-0.39, 0.29) is 31.0 Å². The Morgan fingerprint density at radius 1 is 1.07 bits per heavy atom. The molecule has 1 aliphatic rings. The molecular weight excluding hydrogens is 364 g/mol. The Hall–Kier alpha value is -2.24. The predicted molar refractivity (Wildman–Crippen MR) is 109 cm³/mol. The van der Waals surface area contributed by atoms with Gasteiger partial charge in [-0.05, 0) is 44.0 Å². The van der Waals surface area contributed by atoms with Crippen LogP contribution in [0.3, 0.4) is 0 Å². The van der Waals surface area contributed by atoms with Crippen molar-refractivity contribution in [2.75, 3.05) is 13.2 Å². The van der Waals surface area contributed by atoms with E-state index < -0.39 is 0 Å². The van der Waals surface area contributed by atoms with E-state index in [9.17, 15) is 4.79 Å². The number of rotatable bonds is 7. The van der Waals surface area contributed by atoms with Crippen LogP contribution in [0.1, 0.15) is 25.3 Å². The van der Waals surface area contributed by atoms with Crippen molar-refractivity contribution in [2.45, 2.75) is 38.5 Å². The summed E-state index contributed by atoms with van der Waals surface area (Å²) in [6.07, 6.45) is 1.90. The molecule has 1 fully saturated rings. The summed E-state index contributed by atoms with van der Waals surface area (Å²) >= 11 is 0. The highest BCUT2D eigenvalue weighted by Gasteiger charge is 2.20. The molecule has 146 valence electrons. The Morgan fingerprint density at radius 3 is 2.44 bits per heavy atom. The van der Waals surface area contributed by atoms with Crippen molar-refractivity contribution in [2.24, 2.45) is 0 Å². The molecule has 2 aromatic rings. The van der Waals surface area contributed by atoms with Crippen molar-refractivity contribution >= 4 is 18.3 Å². The zero-order valence-electron chi connectivity index (χ0n) is 15.5. The number of carbonyl (C=O) groups is 1. The molecule has 0 saturated carbocycles. The first kappa shape index (κ1) is 21.1. The van der Waals surface area contributed by atoms with E-state index in [1.807, 2.05) is 54.6 Å². The van der Waals surface area contributed by atoms with Crippen molar-refractivity contribution in [1.82, 2.24) is 10.6 Å². The van der Waals surface area contributed by atoms with Crippen LogP contribution in [0.5, 0.6) is 11.5 Å². The maximum absolute atomic E-state index is 12.2. The lowest BCUT2D eigenvalue weighted by Gasteiger charge is -2.28. The van der Waals surface area contributed by atoms with E-state index in [2.05, 4.69) is 17.6 Å². The van der Waals surface area contributed by atoms with E-state index >= 15 is 0 Å². The zero-order valence-corrected chi connectivity index (χ0v) is 16.3. The fraction of sp³-hybridized carbons (Fsp3) is 0.381. The molecule has 1 aliphatic heterocycles. The second kappa shape index (κ2) is 10.8. The molecule has 0 radical (unpaired) electrons. The topological polar surface area (TPSA) is 59.6 Å². The van der Waals surface area contributed by atoms with Crippen LogP contribution < -0.4 is 20.1 Å². The van der Waals surface area contributed by atoms with Gasteiger partial charge in [0, 0.05) is 12.1 Å². The maximum Gasteiger partial charge on any atom is 0.258 e. The number of ether oxygens (including phenoxy) is 2. The van der Waals surface area contributed by atoms with Crippen LogP contribution in [-0.4, -0.2) is 31.1 Å². The quantitative estimate of drug-likeness (QED) is 0.761. The van der Waals surface area contributed by atoms with Crippen molar-refractivity contribution in [3.05, 3.63) is 60.2 Å². The molecule has 3 rings (SSSR count). The van der Waals surface area contributed by atoms with Gasteiger partial charge in [0.2, 0.25) is 0 Å². The van der Waals surface area contributed by atoms with E-state index in [1.54, 1.807) is 0 Å². The molecule has 6 heteroatoms. The predicted octanol–water partition coefficient (Wildman–Crippen LogP) is 3.32. The lowest BCUT2D eigenvalue weighted by molar-refractivity contribution is -0.124. The van der Waals surface area contributed by atoms with Crippen molar-refractivity contribution < 1.29 is 14.3 Å². The van der Waals surface area contributed by atoms with Gasteiger partial charge in [0.1, 0.15) is 6.61 Å². The number of para-hydroxylation sites is 2. The van der Waals surface area contributed by atoms with Gasteiger partial charge in [0.05, 0.1) is 0 Å². The molecule has 0 aromatic heterocycles. The van der Waals surface area contributed by atoms with Crippen molar-refractivity contribution in [3.63, 3.8) is 0 Å². The number of amides is 1. The van der Waals surface area contributed by atoms with Gasteiger partial charge in [0.25, 0.3) is 5.91 Å². The monoisotopic (exact) mass is 390 g/mol. The van der Waals surface area contributed by atoms with E-state index in [1.165, 1.54) is 0 Å². The Kier molecular flexibility index (Phi) is 8.43. The second-order valence-corrected chi connectivity index (χ2v) is 6.65. The molecule has 1 saturated heterocycles. The molecule has 1 amide bonds. The van der Waals surface area contributed by atoms with Crippen LogP contribution in [0.15, 0.2) is 54.6 Å². The van der Waals surface area contributed by atoms with E-state index in [0.717, 1.165) is 24.9 Å². The summed E-state index contributed by atoms with van der Waals surface area (Å²) in [6, 6.07) is 18.0. The Balaban J connectivity index is 0.00000261. The Bertz CT molecular complexity index is 712. The lowest BCUT2D eigenvalue weighted by atomic mass is 10.0. The van der Waals surface area contributed by atoms with Gasteiger partial charge in [0.15, 0.2) is 18.1 Å². The first-order valence-electron chi connectivity index (χ1n) is 9.12. The van der Waals surface area contributed by atoms with Crippen molar-refractivity contribution in [1.29, 1.82) is 0 Å². The Morgan fingerprint density at radius 2 is 1.74 bits per heavy atom. The standard InChI is InChI=1S/C21H26N2O3.ClH/c1-16-13-18(11-12-22-16)23-21(24)15-26-20-10-6-5-9-19(20)25-14-17-7-3-2-4-8-17;/h2-10,16,18,22H,11-15H2,1H3,(H,23,24);1H. The van der Waals surface area contributed by atoms with Gasteiger partial charge in [-0.15, -0.1) is 12.4 Å². The lowest BCUT2D eigenvalue weighted by Crippen LogP contribution is -2.47.